The van der Waals surface area contributed by atoms with Gasteiger partial charge in [0.1, 0.15) is 0 Å². The average Bonchev–Trinajstić information content (AvgIpc) is 3.46. The van der Waals surface area contributed by atoms with Gasteiger partial charge in [0.25, 0.3) is 0 Å². The molecule has 2 aliphatic rings. The molecule has 0 spiro atoms. The molecule has 2 fully saturated rings. The number of hydrogen-bond donors (Lipinski definition) is 2. The minimum atomic E-state index is -0.292. The summed E-state index contributed by atoms with van der Waals surface area (Å²) in [6.45, 7) is 7.59. The molecule has 25 heavy (non-hydrogen) atoms. The lowest BCUT2D eigenvalue weighted by molar-refractivity contribution is 0.285. The quantitative estimate of drug-likeness (QED) is 0.363. The maximum Gasteiger partial charge on any atom is 0.191 e. The van der Waals surface area contributed by atoms with Crippen molar-refractivity contribution in [3.05, 3.63) is 29.6 Å². The zero-order valence-electron chi connectivity index (χ0n) is 15.2. The Morgan fingerprint density at radius 1 is 1.40 bits per heavy atom. The van der Waals surface area contributed by atoms with Crippen molar-refractivity contribution in [3.63, 3.8) is 0 Å². The fraction of sp³-hybridized carbons (Fsp3) is 0.632. The van der Waals surface area contributed by atoms with Crippen molar-refractivity contribution >= 4 is 29.9 Å². The van der Waals surface area contributed by atoms with Gasteiger partial charge in [-0.25, -0.2) is 4.39 Å². The number of rotatable bonds is 7. The summed E-state index contributed by atoms with van der Waals surface area (Å²) < 4.78 is 19.8. The SMILES string of the molecule is CCN=C(NC(C)c1ccc(OCC2CC2)c(F)c1)NC1CC1C.I. The number of nitrogens with one attached hydrogen (secondary N) is 2. The third kappa shape index (κ3) is 6.01. The summed E-state index contributed by atoms with van der Waals surface area (Å²) in [5.74, 6) is 2.18. The summed E-state index contributed by atoms with van der Waals surface area (Å²) in [4.78, 5) is 4.48. The van der Waals surface area contributed by atoms with E-state index in [4.69, 9.17) is 4.74 Å². The van der Waals surface area contributed by atoms with Crippen LogP contribution in [0, 0.1) is 17.7 Å². The molecule has 1 aromatic carbocycles. The standard InChI is InChI=1S/C19H28FN3O.HI/c1-4-21-19(23-17-9-12(17)2)22-13(3)15-7-8-18(16(20)10-15)24-11-14-5-6-14;/h7-8,10,12-14,17H,4-6,9,11H2,1-3H3,(H2,21,22,23);1H. The smallest absolute Gasteiger partial charge is 0.191 e. The molecule has 0 amide bonds. The minimum Gasteiger partial charge on any atom is -0.490 e. The maximum atomic E-state index is 14.2. The van der Waals surface area contributed by atoms with Gasteiger partial charge >= 0.3 is 0 Å². The van der Waals surface area contributed by atoms with E-state index in [9.17, 15) is 4.39 Å². The molecule has 0 heterocycles. The van der Waals surface area contributed by atoms with Crippen LogP contribution in [0.3, 0.4) is 0 Å². The Morgan fingerprint density at radius 3 is 2.68 bits per heavy atom. The lowest BCUT2D eigenvalue weighted by Gasteiger charge is -2.19. The number of benzene rings is 1. The van der Waals surface area contributed by atoms with Crippen LogP contribution in [0.2, 0.25) is 0 Å². The van der Waals surface area contributed by atoms with Crippen LogP contribution in [0.15, 0.2) is 23.2 Å². The van der Waals surface area contributed by atoms with Crippen LogP contribution in [0.5, 0.6) is 5.75 Å². The van der Waals surface area contributed by atoms with Crippen molar-refractivity contribution in [2.24, 2.45) is 16.8 Å². The zero-order chi connectivity index (χ0) is 17.1. The van der Waals surface area contributed by atoms with Crippen LogP contribution in [-0.2, 0) is 0 Å². The fourth-order valence-electron chi connectivity index (χ4n) is 2.67. The Hall–Kier alpha value is -1.05. The molecule has 6 heteroatoms. The Labute approximate surface area is 167 Å². The van der Waals surface area contributed by atoms with Gasteiger partial charge in [-0.2, -0.15) is 0 Å². The second-order valence-electron chi connectivity index (χ2n) is 7.10. The molecule has 3 rings (SSSR count). The minimum absolute atomic E-state index is 0. The summed E-state index contributed by atoms with van der Waals surface area (Å²) in [5, 5.41) is 6.79. The predicted octanol–water partition coefficient (Wildman–Crippen LogP) is 4.26. The van der Waals surface area contributed by atoms with Gasteiger partial charge in [0.05, 0.1) is 12.6 Å². The van der Waals surface area contributed by atoms with E-state index in [0.29, 0.717) is 36.8 Å². The van der Waals surface area contributed by atoms with Crippen LogP contribution >= 0.6 is 24.0 Å². The highest BCUT2D eigenvalue weighted by Gasteiger charge is 2.33. The monoisotopic (exact) mass is 461 g/mol. The molecule has 0 aliphatic heterocycles. The molecule has 2 saturated carbocycles. The molecular weight excluding hydrogens is 432 g/mol. The van der Waals surface area contributed by atoms with E-state index >= 15 is 0 Å². The van der Waals surface area contributed by atoms with E-state index in [1.54, 1.807) is 12.1 Å². The lowest BCUT2D eigenvalue weighted by atomic mass is 10.1. The molecule has 3 atom stereocenters. The van der Waals surface area contributed by atoms with Gasteiger partial charge in [-0.3, -0.25) is 4.99 Å². The molecule has 0 aromatic heterocycles. The van der Waals surface area contributed by atoms with E-state index in [1.807, 2.05) is 19.9 Å². The van der Waals surface area contributed by atoms with Gasteiger partial charge in [0.15, 0.2) is 17.5 Å². The van der Waals surface area contributed by atoms with Crippen molar-refractivity contribution in [2.45, 2.75) is 52.1 Å². The van der Waals surface area contributed by atoms with E-state index in [1.165, 1.54) is 19.3 Å². The first kappa shape index (κ1) is 20.3. The summed E-state index contributed by atoms with van der Waals surface area (Å²) in [6.07, 6.45) is 3.58. The number of ether oxygens (including phenoxy) is 1. The van der Waals surface area contributed by atoms with Crippen LogP contribution in [0.25, 0.3) is 0 Å². The molecule has 2 N–H and O–H groups in total. The number of nitrogens with zero attached hydrogens (tertiary/aromatic N) is 1. The van der Waals surface area contributed by atoms with Crippen molar-refractivity contribution in [2.75, 3.05) is 13.2 Å². The Morgan fingerprint density at radius 2 is 2.12 bits per heavy atom. The predicted molar refractivity (Wildman–Crippen MR) is 110 cm³/mol. The molecule has 0 bridgehead atoms. The molecule has 0 radical (unpaired) electrons. The Balaban J connectivity index is 0.00000225. The van der Waals surface area contributed by atoms with Crippen LogP contribution in [0.4, 0.5) is 4.39 Å². The molecular formula is C19H29FIN3O. The lowest BCUT2D eigenvalue weighted by Crippen LogP contribution is -2.40. The summed E-state index contributed by atoms with van der Waals surface area (Å²) in [6, 6.07) is 5.70. The molecule has 3 unspecified atom stereocenters. The summed E-state index contributed by atoms with van der Waals surface area (Å²) >= 11 is 0. The third-order valence-corrected chi connectivity index (χ3v) is 4.73. The van der Waals surface area contributed by atoms with Gasteiger partial charge in [-0.1, -0.05) is 13.0 Å². The molecule has 0 saturated heterocycles. The average molecular weight is 461 g/mol. The van der Waals surface area contributed by atoms with Crippen molar-refractivity contribution in [1.29, 1.82) is 0 Å². The van der Waals surface area contributed by atoms with E-state index in [0.717, 1.165) is 11.5 Å². The third-order valence-electron chi connectivity index (χ3n) is 4.73. The highest BCUT2D eigenvalue weighted by atomic mass is 127. The van der Waals surface area contributed by atoms with Crippen molar-refractivity contribution < 1.29 is 9.13 Å². The molecule has 1 aromatic rings. The highest BCUT2D eigenvalue weighted by molar-refractivity contribution is 14.0. The summed E-state index contributed by atoms with van der Waals surface area (Å²) in [5.41, 5.74) is 0.890. The topological polar surface area (TPSA) is 45.7 Å². The Kier molecular flexibility index (Phi) is 7.34. The number of hydrogen-bond acceptors (Lipinski definition) is 2. The largest absolute Gasteiger partial charge is 0.490 e. The van der Waals surface area contributed by atoms with Gasteiger partial charge in [-0.15, -0.1) is 24.0 Å². The summed E-state index contributed by atoms with van der Waals surface area (Å²) in [7, 11) is 0. The first-order chi connectivity index (χ1) is 11.6. The highest BCUT2D eigenvalue weighted by Crippen LogP contribution is 2.31. The van der Waals surface area contributed by atoms with Crippen molar-refractivity contribution in [1.82, 2.24) is 10.6 Å². The molecule has 2 aliphatic carbocycles. The number of halogens is 2. The normalized spacial score (nSPS) is 23.4. The van der Waals surface area contributed by atoms with Crippen LogP contribution in [0.1, 0.15) is 51.6 Å². The second-order valence-corrected chi connectivity index (χ2v) is 7.10. The Bertz CT molecular complexity index is 606. The van der Waals surface area contributed by atoms with Gasteiger partial charge in [-0.05, 0) is 62.6 Å². The van der Waals surface area contributed by atoms with Gasteiger partial charge < -0.3 is 15.4 Å². The van der Waals surface area contributed by atoms with Crippen LogP contribution < -0.4 is 15.4 Å². The van der Waals surface area contributed by atoms with E-state index in [-0.39, 0.29) is 35.8 Å². The van der Waals surface area contributed by atoms with Gasteiger partial charge in [0.2, 0.25) is 0 Å². The van der Waals surface area contributed by atoms with E-state index < -0.39 is 0 Å². The first-order valence-corrected chi connectivity index (χ1v) is 9.06. The maximum absolute atomic E-state index is 14.2. The van der Waals surface area contributed by atoms with Crippen molar-refractivity contribution in [3.8, 4) is 5.75 Å². The molecule has 140 valence electrons. The van der Waals surface area contributed by atoms with Gasteiger partial charge in [0, 0.05) is 12.6 Å². The number of aliphatic imine (C=N–C) groups is 1. The fourth-order valence-corrected chi connectivity index (χ4v) is 2.67. The van der Waals surface area contributed by atoms with E-state index in [2.05, 4.69) is 22.5 Å². The number of guanidine groups is 1. The first-order valence-electron chi connectivity index (χ1n) is 9.06. The van der Waals surface area contributed by atoms with Crippen LogP contribution in [-0.4, -0.2) is 25.2 Å². The molecule has 4 nitrogen and oxygen atoms in total. The second kappa shape index (κ2) is 9.05. The zero-order valence-corrected chi connectivity index (χ0v) is 17.5.